The molecule has 0 spiro atoms. The first kappa shape index (κ1) is 16.4. The summed E-state index contributed by atoms with van der Waals surface area (Å²) in [5.41, 5.74) is 6.88. The minimum Gasteiger partial charge on any atom is -0.320 e. The normalized spacial score (nSPS) is 21.0. The van der Waals surface area contributed by atoms with Crippen LogP contribution in [-0.4, -0.2) is 24.0 Å². The summed E-state index contributed by atoms with van der Waals surface area (Å²) in [6, 6.07) is 7.21. The van der Waals surface area contributed by atoms with Crippen LogP contribution < -0.4 is 5.73 Å². The Hall–Kier alpha value is -0.930. The van der Waals surface area contributed by atoms with Gasteiger partial charge >= 0.3 is 0 Å². The van der Waals surface area contributed by atoms with E-state index in [1.165, 1.54) is 25.3 Å². The number of benzene rings is 1. The number of nitrogens with zero attached hydrogens (tertiary/aromatic N) is 1. The maximum atomic E-state index is 14.3. The highest BCUT2D eigenvalue weighted by atomic mass is 19.1. The number of hydrogen-bond acceptors (Lipinski definition) is 2. The molecule has 1 saturated heterocycles. The van der Waals surface area contributed by atoms with Gasteiger partial charge in [-0.15, -0.1) is 0 Å². The summed E-state index contributed by atoms with van der Waals surface area (Å²) in [5, 5.41) is 0. The molecule has 118 valence electrons. The van der Waals surface area contributed by atoms with Crippen molar-refractivity contribution in [2.24, 2.45) is 5.73 Å². The van der Waals surface area contributed by atoms with Gasteiger partial charge in [-0.25, -0.2) is 4.39 Å². The van der Waals surface area contributed by atoms with Gasteiger partial charge in [0.25, 0.3) is 0 Å². The Labute approximate surface area is 128 Å². The summed E-state index contributed by atoms with van der Waals surface area (Å²) >= 11 is 0. The van der Waals surface area contributed by atoms with Gasteiger partial charge in [-0.2, -0.15) is 0 Å². The van der Waals surface area contributed by atoms with Crippen molar-refractivity contribution in [2.75, 3.05) is 13.1 Å². The molecule has 2 nitrogen and oxygen atoms in total. The van der Waals surface area contributed by atoms with E-state index in [9.17, 15) is 4.39 Å². The lowest BCUT2D eigenvalue weighted by atomic mass is 9.78. The van der Waals surface area contributed by atoms with E-state index >= 15 is 0 Å². The first-order chi connectivity index (χ1) is 10.1. The van der Waals surface area contributed by atoms with E-state index < -0.39 is 5.54 Å². The van der Waals surface area contributed by atoms with Crippen molar-refractivity contribution in [3.05, 3.63) is 35.6 Å². The van der Waals surface area contributed by atoms with Crippen molar-refractivity contribution in [2.45, 2.75) is 64.0 Å². The van der Waals surface area contributed by atoms with E-state index in [1.807, 2.05) is 12.1 Å². The summed E-state index contributed by atoms with van der Waals surface area (Å²) in [6.07, 6.45) is 6.71. The highest BCUT2D eigenvalue weighted by Crippen LogP contribution is 2.33. The minimum absolute atomic E-state index is 0.167. The van der Waals surface area contributed by atoms with Crippen molar-refractivity contribution in [3.8, 4) is 0 Å². The summed E-state index contributed by atoms with van der Waals surface area (Å²) < 4.78 is 14.3. The fourth-order valence-corrected chi connectivity index (χ4v) is 3.51. The van der Waals surface area contributed by atoms with Crippen LogP contribution in [0.15, 0.2) is 24.3 Å². The zero-order valence-corrected chi connectivity index (χ0v) is 13.4. The summed E-state index contributed by atoms with van der Waals surface area (Å²) in [5.74, 6) is -0.167. The zero-order valence-electron chi connectivity index (χ0n) is 13.4. The fraction of sp³-hybridized carbons (Fsp3) is 0.667. The Morgan fingerprint density at radius 3 is 2.52 bits per heavy atom. The molecule has 0 aromatic heterocycles. The van der Waals surface area contributed by atoms with Crippen LogP contribution in [0.2, 0.25) is 0 Å². The molecule has 1 aliphatic heterocycles. The first-order valence-electron chi connectivity index (χ1n) is 8.37. The third-order valence-corrected chi connectivity index (χ3v) is 5.00. The smallest absolute Gasteiger partial charge is 0.128 e. The number of likely N-dealkylation sites (tertiary alicyclic amines) is 1. The lowest BCUT2D eigenvalue weighted by molar-refractivity contribution is 0.0996. The van der Waals surface area contributed by atoms with E-state index in [1.54, 1.807) is 6.07 Å². The van der Waals surface area contributed by atoms with Gasteiger partial charge in [-0.1, -0.05) is 44.4 Å². The SMILES string of the molecule is CCCCC(N)(c1ccccc1F)C(C)N1CCCCC1. The zero-order chi connectivity index (χ0) is 15.3. The van der Waals surface area contributed by atoms with Gasteiger partial charge in [-0.05, 0) is 45.3 Å². The Kier molecular flexibility index (Phi) is 5.77. The average Bonchev–Trinajstić information content (AvgIpc) is 2.53. The van der Waals surface area contributed by atoms with Gasteiger partial charge in [0, 0.05) is 11.6 Å². The largest absolute Gasteiger partial charge is 0.320 e. The van der Waals surface area contributed by atoms with Crippen molar-refractivity contribution >= 4 is 0 Å². The molecular weight excluding hydrogens is 263 g/mol. The van der Waals surface area contributed by atoms with Crippen molar-refractivity contribution < 1.29 is 4.39 Å². The van der Waals surface area contributed by atoms with E-state index in [0.29, 0.717) is 5.56 Å². The average molecular weight is 292 g/mol. The molecule has 0 amide bonds. The lowest BCUT2D eigenvalue weighted by Gasteiger charge is -2.44. The molecule has 0 aliphatic carbocycles. The second-order valence-electron chi connectivity index (χ2n) is 6.40. The Morgan fingerprint density at radius 1 is 1.24 bits per heavy atom. The molecule has 2 N–H and O–H groups in total. The molecule has 1 heterocycles. The van der Waals surface area contributed by atoms with Gasteiger partial charge in [-0.3, -0.25) is 4.90 Å². The molecule has 2 atom stereocenters. The number of hydrogen-bond donors (Lipinski definition) is 1. The van der Waals surface area contributed by atoms with Crippen LogP contribution in [0.1, 0.15) is 57.9 Å². The monoisotopic (exact) mass is 292 g/mol. The van der Waals surface area contributed by atoms with Crippen molar-refractivity contribution in [3.63, 3.8) is 0 Å². The van der Waals surface area contributed by atoms with Gasteiger partial charge in [0.2, 0.25) is 0 Å². The molecule has 2 rings (SSSR count). The number of halogens is 1. The second-order valence-corrected chi connectivity index (χ2v) is 6.40. The standard InChI is InChI=1S/C18H29FN2/c1-3-4-12-18(20,16-10-6-7-11-17(16)19)15(2)21-13-8-5-9-14-21/h6-7,10-11,15H,3-5,8-9,12-14,20H2,1-2H3. The van der Waals surface area contributed by atoms with Crippen LogP contribution in [0.3, 0.4) is 0 Å². The predicted octanol–water partition coefficient (Wildman–Crippen LogP) is 4.04. The molecule has 1 aromatic rings. The van der Waals surface area contributed by atoms with Crippen LogP contribution >= 0.6 is 0 Å². The van der Waals surface area contributed by atoms with Gasteiger partial charge < -0.3 is 5.73 Å². The van der Waals surface area contributed by atoms with Crippen LogP contribution in [0.25, 0.3) is 0 Å². The molecule has 3 heteroatoms. The number of unbranched alkanes of at least 4 members (excludes halogenated alkanes) is 1. The Bertz CT molecular complexity index is 443. The Morgan fingerprint density at radius 2 is 1.90 bits per heavy atom. The first-order valence-corrected chi connectivity index (χ1v) is 8.37. The van der Waals surface area contributed by atoms with Gasteiger partial charge in [0.05, 0.1) is 5.54 Å². The van der Waals surface area contributed by atoms with E-state index in [0.717, 1.165) is 32.4 Å². The highest BCUT2D eigenvalue weighted by molar-refractivity contribution is 5.28. The molecular formula is C18H29FN2. The molecule has 1 aromatic carbocycles. The predicted molar refractivity (Wildman–Crippen MR) is 86.7 cm³/mol. The Balaban J connectivity index is 2.29. The quantitative estimate of drug-likeness (QED) is 0.857. The van der Waals surface area contributed by atoms with E-state index in [-0.39, 0.29) is 11.9 Å². The number of rotatable bonds is 6. The van der Waals surface area contributed by atoms with E-state index in [2.05, 4.69) is 18.7 Å². The van der Waals surface area contributed by atoms with Crippen LogP contribution in [0.5, 0.6) is 0 Å². The van der Waals surface area contributed by atoms with E-state index in [4.69, 9.17) is 5.73 Å². The lowest BCUT2D eigenvalue weighted by Crippen LogP contribution is -2.56. The molecule has 0 radical (unpaired) electrons. The van der Waals surface area contributed by atoms with Crippen molar-refractivity contribution in [1.82, 2.24) is 4.90 Å². The van der Waals surface area contributed by atoms with Gasteiger partial charge in [0.15, 0.2) is 0 Å². The third-order valence-electron chi connectivity index (χ3n) is 5.00. The van der Waals surface area contributed by atoms with Crippen LogP contribution in [0.4, 0.5) is 4.39 Å². The molecule has 0 saturated carbocycles. The number of piperidine rings is 1. The molecule has 0 bridgehead atoms. The maximum Gasteiger partial charge on any atom is 0.128 e. The molecule has 21 heavy (non-hydrogen) atoms. The molecule has 2 unspecified atom stereocenters. The summed E-state index contributed by atoms with van der Waals surface area (Å²) in [4.78, 5) is 2.45. The third kappa shape index (κ3) is 3.64. The number of nitrogens with two attached hydrogens (primary N) is 1. The summed E-state index contributed by atoms with van der Waals surface area (Å²) in [6.45, 7) is 6.50. The minimum atomic E-state index is -0.599. The van der Waals surface area contributed by atoms with Gasteiger partial charge in [0.1, 0.15) is 5.82 Å². The maximum absolute atomic E-state index is 14.3. The second kappa shape index (κ2) is 7.37. The van der Waals surface area contributed by atoms with Crippen LogP contribution in [-0.2, 0) is 5.54 Å². The van der Waals surface area contributed by atoms with Crippen molar-refractivity contribution in [1.29, 1.82) is 0 Å². The van der Waals surface area contributed by atoms with Crippen LogP contribution in [0, 0.1) is 5.82 Å². The molecule has 1 aliphatic rings. The fourth-order valence-electron chi connectivity index (χ4n) is 3.51. The topological polar surface area (TPSA) is 29.3 Å². The highest BCUT2D eigenvalue weighted by Gasteiger charge is 2.38. The molecule has 1 fully saturated rings. The summed E-state index contributed by atoms with van der Waals surface area (Å²) in [7, 11) is 0.